The molecule has 1 aromatic rings. The van der Waals surface area contributed by atoms with Gasteiger partial charge in [-0.1, -0.05) is 0 Å². The standard InChI is InChI=1S/C6H6BrNO/c1-4-6(7)2-5(9)3-8-4/h2-3,9H,1H3. The fourth-order valence-electron chi connectivity index (χ4n) is 0.496. The molecule has 2 nitrogen and oxygen atoms in total. The molecule has 48 valence electrons. The number of aromatic hydroxyl groups is 1. The van der Waals surface area contributed by atoms with Crippen LogP contribution in [0.5, 0.6) is 5.75 Å². The van der Waals surface area contributed by atoms with Crippen molar-refractivity contribution in [2.24, 2.45) is 0 Å². The van der Waals surface area contributed by atoms with Gasteiger partial charge in [-0.25, -0.2) is 0 Å². The smallest absolute Gasteiger partial charge is 0.135 e. The van der Waals surface area contributed by atoms with Crippen LogP contribution in [-0.4, -0.2) is 10.1 Å². The Labute approximate surface area is 61.7 Å². The zero-order valence-corrected chi connectivity index (χ0v) is 6.51. The predicted molar refractivity (Wildman–Crippen MR) is 38.3 cm³/mol. The number of rotatable bonds is 0. The zero-order valence-electron chi connectivity index (χ0n) is 4.93. The lowest BCUT2D eigenvalue weighted by atomic mass is 10.4. The van der Waals surface area contributed by atoms with Gasteiger partial charge in [0.15, 0.2) is 0 Å². The van der Waals surface area contributed by atoms with Crippen molar-refractivity contribution in [3.05, 3.63) is 22.4 Å². The number of nitrogens with zero attached hydrogens (tertiary/aromatic N) is 1. The summed E-state index contributed by atoms with van der Waals surface area (Å²) in [7, 11) is 0. The van der Waals surface area contributed by atoms with Crippen LogP contribution in [0.4, 0.5) is 0 Å². The summed E-state index contributed by atoms with van der Waals surface area (Å²) in [5, 5.41) is 8.85. The van der Waals surface area contributed by atoms with E-state index >= 15 is 0 Å². The van der Waals surface area contributed by atoms with E-state index in [1.54, 1.807) is 6.07 Å². The average Bonchev–Trinajstić information content (AvgIpc) is 1.80. The molecule has 0 fully saturated rings. The summed E-state index contributed by atoms with van der Waals surface area (Å²) in [6.45, 7) is 1.86. The number of hydrogen-bond acceptors (Lipinski definition) is 2. The molecule has 1 N–H and O–H groups in total. The van der Waals surface area contributed by atoms with Crippen molar-refractivity contribution < 1.29 is 5.11 Å². The molecule has 0 saturated carbocycles. The van der Waals surface area contributed by atoms with Crippen LogP contribution >= 0.6 is 15.9 Å². The number of aryl methyl sites for hydroxylation is 1. The minimum Gasteiger partial charge on any atom is -0.506 e. The summed E-state index contributed by atoms with van der Waals surface area (Å²) in [5.74, 6) is 0.187. The van der Waals surface area contributed by atoms with Gasteiger partial charge >= 0.3 is 0 Å². The first kappa shape index (κ1) is 6.55. The van der Waals surface area contributed by atoms with E-state index in [-0.39, 0.29) is 5.75 Å². The highest BCUT2D eigenvalue weighted by atomic mass is 79.9. The van der Waals surface area contributed by atoms with E-state index in [0.29, 0.717) is 0 Å². The average molecular weight is 188 g/mol. The maximum absolute atomic E-state index is 8.85. The molecule has 0 unspecified atom stereocenters. The zero-order chi connectivity index (χ0) is 6.85. The van der Waals surface area contributed by atoms with Crippen LogP contribution in [0.25, 0.3) is 0 Å². The Hall–Kier alpha value is -0.570. The van der Waals surface area contributed by atoms with Crippen LogP contribution in [0.3, 0.4) is 0 Å². The van der Waals surface area contributed by atoms with Crippen molar-refractivity contribution in [3.63, 3.8) is 0 Å². The van der Waals surface area contributed by atoms with Gasteiger partial charge in [-0.3, -0.25) is 4.98 Å². The fraction of sp³-hybridized carbons (Fsp3) is 0.167. The maximum atomic E-state index is 8.85. The molecule has 0 aromatic carbocycles. The first-order valence-corrected chi connectivity index (χ1v) is 3.30. The van der Waals surface area contributed by atoms with E-state index < -0.39 is 0 Å². The molecular formula is C6H6BrNO. The minimum absolute atomic E-state index is 0.187. The van der Waals surface area contributed by atoms with E-state index in [9.17, 15) is 0 Å². The maximum Gasteiger partial charge on any atom is 0.135 e. The summed E-state index contributed by atoms with van der Waals surface area (Å²) >= 11 is 3.22. The van der Waals surface area contributed by atoms with Gasteiger partial charge in [0.1, 0.15) is 5.75 Å². The van der Waals surface area contributed by atoms with Crippen molar-refractivity contribution in [1.29, 1.82) is 0 Å². The van der Waals surface area contributed by atoms with E-state index in [1.807, 2.05) is 6.92 Å². The molecule has 0 aliphatic carbocycles. The predicted octanol–water partition coefficient (Wildman–Crippen LogP) is 1.86. The quantitative estimate of drug-likeness (QED) is 0.673. The van der Waals surface area contributed by atoms with Gasteiger partial charge < -0.3 is 5.11 Å². The number of pyridine rings is 1. The van der Waals surface area contributed by atoms with Crippen LogP contribution < -0.4 is 0 Å². The molecule has 0 bridgehead atoms. The molecule has 0 amide bonds. The topological polar surface area (TPSA) is 33.1 Å². The van der Waals surface area contributed by atoms with Crippen molar-refractivity contribution >= 4 is 15.9 Å². The normalized spacial score (nSPS) is 9.56. The van der Waals surface area contributed by atoms with Gasteiger partial charge in [-0.15, -0.1) is 0 Å². The molecule has 0 aliphatic rings. The summed E-state index contributed by atoms with van der Waals surface area (Å²) in [4.78, 5) is 3.88. The third-order valence-electron chi connectivity index (χ3n) is 1.01. The van der Waals surface area contributed by atoms with Crippen molar-refractivity contribution in [1.82, 2.24) is 4.98 Å². The van der Waals surface area contributed by atoms with Crippen molar-refractivity contribution in [3.8, 4) is 5.75 Å². The van der Waals surface area contributed by atoms with Crippen molar-refractivity contribution in [2.45, 2.75) is 6.92 Å². The Morgan fingerprint density at radius 1 is 1.67 bits per heavy atom. The largest absolute Gasteiger partial charge is 0.506 e. The van der Waals surface area contributed by atoms with Crippen LogP contribution in [0.1, 0.15) is 5.69 Å². The minimum atomic E-state index is 0.187. The number of halogens is 1. The summed E-state index contributed by atoms with van der Waals surface area (Å²) in [5.41, 5.74) is 0.882. The van der Waals surface area contributed by atoms with E-state index in [2.05, 4.69) is 20.9 Å². The monoisotopic (exact) mass is 187 g/mol. The molecule has 1 aromatic heterocycles. The lowest BCUT2D eigenvalue weighted by Crippen LogP contribution is -1.79. The highest BCUT2D eigenvalue weighted by Crippen LogP contribution is 2.17. The van der Waals surface area contributed by atoms with Gasteiger partial charge in [0.05, 0.1) is 11.9 Å². The first-order chi connectivity index (χ1) is 4.20. The summed E-state index contributed by atoms with van der Waals surface area (Å²) in [6, 6.07) is 1.61. The van der Waals surface area contributed by atoms with Gasteiger partial charge in [0.2, 0.25) is 0 Å². The Morgan fingerprint density at radius 2 is 2.33 bits per heavy atom. The second-order valence-electron chi connectivity index (χ2n) is 1.76. The van der Waals surface area contributed by atoms with Gasteiger partial charge in [-0.05, 0) is 28.9 Å². The summed E-state index contributed by atoms with van der Waals surface area (Å²) in [6.07, 6.45) is 1.42. The van der Waals surface area contributed by atoms with E-state index in [0.717, 1.165) is 10.2 Å². The highest BCUT2D eigenvalue weighted by Gasteiger charge is 1.94. The lowest BCUT2D eigenvalue weighted by Gasteiger charge is -1.94. The molecule has 0 aliphatic heterocycles. The van der Waals surface area contributed by atoms with Crippen LogP contribution in [0.2, 0.25) is 0 Å². The Balaban J connectivity index is 3.17. The third-order valence-corrected chi connectivity index (χ3v) is 1.81. The first-order valence-electron chi connectivity index (χ1n) is 2.51. The van der Waals surface area contributed by atoms with Crippen LogP contribution in [0.15, 0.2) is 16.7 Å². The van der Waals surface area contributed by atoms with E-state index in [1.165, 1.54) is 6.20 Å². The molecule has 9 heavy (non-hydrogen) atoms. The molecular weight excluding hydrogens is 182 g/mol. The third kappa shape index (κ3) is 1.42. The molecule has 0 atom stereocenters. The summed E-state index contributed by atoms with van der Waals surface area (Å²) < 4.78 is 0.836. The number of hydrogen-bond donors (Lipinski definition) is 1. The van der Waals surface area contributed by atoms with Gasteiger partial charge in [0, 0.05) is 4.47 Å². The molecule has 3 heteroatoms. The number of aromatic nitrogens is 1. The lowest BCUT2D eigenvalue weighted by molar-refractivity contribution is 0.472. The fourth-order valence-corrected chi connectivity index (χ4v) is 0.833. The Bertz CT molecular complexity index is 224. The molecule has 1 rings (SSSR count). The van der Waals surface area contributed by atoms with Gasteiger partial charge in [0.25, 0.3) is 0 Å². The Morgan fingerprint density at radius 3 is 2.78 bits per heavy atom. The van der Waals surface area contributed by atoms with Crippen LogP contribution in [-0.2, 0) is 0 Å². The molecule has 0 spiro atoms. The molecule has 1 heterocycles. The van der Waals surface area contributed by atoms with Gasteiger partial charge in [-0.2, -0.15) is 0 Å². The second kappa shape index (κ2) is 2.35. The molecule has 0 saturated heterocycles. The van der Waals surface area contributed by atoms with Crippen molar-refractivity contribution in [2.75, 3.05) is 0 Å². The second-order valence-corrected chi connectivity index (χ2v) is 2.62. The highest BCUT2D eigenvalue weighted by molar-refractivity contribution is 9.10. The SMILES string of the molecule is Cc1ncc(O)cc1Br. The van der Waals surface area contributed by atoms with E-state index in [4.69, 9.17) is 5.11 Å². The molecule has 0 radical (unpaired) electrons. The Kier molecular flexibility index (Phi) is 1.71. The van der Waals surface area contributed by atoms with Crippen LogP contribution in [0, 0.1) is 6.92 Å².